The first kappa shape index (κ1) is 15.8. The molecule has 23 heavy (non-hydrogen) atoms. The Kier molecular flexibility index (Phi) is 4.79. The van der Waals surface area contributed by atoms with Gasteiger partial charge in [-0.1, -0.05) is 17.7 Å². The van der Waals surface area contributed by atoms with Gasteiger partial charge in [-0.25, -0.2) is 4.98 Å². The quantitative estimate of drug-likeness (QED) is 0.913. The Morgan fingerprint density at radius 2 is 2.04 bits per heavy atom. The van der Waals surface area contributed by atoms with Crippen molar-refractivity contribution < 1.29 is 9.53 Å². The molecule has 0 aliphatic carbocycles. The van der Waals surface area contributed by atoms with E-state index in [0.29, 0.717) is 22.2 Å². The van der Waals surface area contributed by atoms with Crippen LogP contribution < -0.4 is 10.5 Å². The molecule has 0 saturated carbocycles. The lowest BCUT2D eigenvalue weighted by molar-refractivity contribution is 0.1000. The predicted octanol–water partition coefficient (Wildman–Crippen LogP) is 3.22. The Morgan fingerprint density at radius 1 is 1.26 bits per heavy atom. The standard InChI is InChI=1S/C17H18ClN3O2/c18-14-9-12(11-21-7-1-2-8-21)3-5-15(14)23-16-6-4-13(10-20-16)17(19)22/h3-6,9-10H,1-2,7-8,11H2,(H2,19,22). The normalized spacial score (nSPS) is 14.8. The highest BCUT2D eigenvalue weighted by Gasteiger charge is 2.13. The van der Waals surface area contributed by atoms with Gasteiger partial charge in [-0.05, 0) is 49.7 Å². The number of hydrogen-bond donors (Lipinski definition) is 1. The van der Waals surface area contributed by atoms with Crippen LogP contribution in [0.4, 0.5) is 0 Å². The topological polar surface area (TPSA) is 68.5 Å². The fourth-order valence-electron chi connectivity index (χ4n) is 2.62. The minimum atomic E-state index is -0.520. The summed E-state index contributed by atoms with van der Waals surface area (Å²) < 4.78 is 5.66. The molecule has 0 atom stereocenters. The fraction of sp³-hybridized carbons (Fsp3) is 0.294. The van der Waals surface area contributed by atoms with Gasteiger partial charge < -0.3 is 10.5 Å². The monoisotopic (exact) mass is 331 g/mol. The first-order chi connectivity index (χ1) is 11.1. The third-order valence-corrected chi connectivity index (χ3v) is 4.13. The lowest BCUT2D eigenvalue weighted by Gasteiger charge is -2.15. The van der Waals surface area contributed by atoms with Crippen molar-refractivity contribution >= 4 is 17.5 Å². The number of carbonyl (C=O) groups is 1. The molecule has 2 heterocycles. The maximum absolute atomic E-state index is 11.0. The van der Waals surface area contributed by atoms with E-state index in [1.54, 1.807) is 12.1 Å². The number of amides is 1. The van der Waals surface area contributed by atoms with Gasteiger partial charge in [-0.15, -0.1) is 0 Å². The average Bonchev–Trinajstić information content (AvgIpc) is 3.03. The van der Waals surface area contributed by atoms with Crippen LogP contribution in [0.25, 0.3) is 0 Å². The number of pyridine rings is 1. The number of halogens is 1. The summed E-state index contributed by atoms with van der Waals surface area (Å²) in [5.41, 5.74) is 6.68. The molecule has 5 nitrogen and oxygen atoms in total. The van der Waals surface area contributed by atoms with E-state index >= 15 is 0 Å². The molecule has 0 radical (unpaired) electrons. The molecule has 120 valence electrons. The summed E-state index contributed by atoms with van der Waals surface area (Å²) in [6.07, 6.45) is 3.91. The molecule has 1 fully saturated rings. The Morgan fingerprint density at radius 3 is 2.65 bits per heavy atom. The van der Waals surface area contributed by atoms with Crippen LogP contribution in [0.5, 0.6) is 11.6 Å². The number of nitrogens with two attached hydrogens (primary N) is 1. The zero-order valence-electron chi connectivity index (χ0n) is 12.7. The maximum atomic E-state index is 11.0. The van der Waals surface area contributed by atoms with E-state index in [1.165, 1.54) is 24.6 Å². The number of rotatable bonds is 5. The molecule has 0 spiro atoms. The van der Waals surface area contributed by atoms with Crippen molar-refractivity contribution in [3.8, 4) is 11.6 Å². The molecule has 1 aliphatic heterocycles. The van der Waals surface area contributed by atoms with Crippen molar-refractivity contribution in [1.29, 1.82) is 0 Å². The second kappa shape index (κ2) is 6.98. The van der Waals surface area contributed by atoms with Gasteiger partial charge in [0.15, 0.2) is 0 Å². The van der Waals surface area contributed by atoms with Gasteiger partial charge in [0.1, 0.15) is 5.75 Å². The van der Waals surface area contributed by atoms with Gasteiger partial charge in [0.05, 0.1) is 10.6 Å². The summed E-state index contributed by atoms with van der Waals surface area (Å²) in [4.78, 5) is 17.5. The molecule has 0 bridgehead atoms. The van der Waals surface area contributed by atoms with E-state index in [9.17, 15) is 4.79 Å². The third kappa shape index (κ3) is 4.00. The molecule has 1 aromatic heterocycles. The second-order valence-corrected chi connectivity index (χ2v) is 6.01. The highest BCUT2D eigenvalue weighted by molar-refractivity contribution is 6.32. The SMILES string of the molecule is NC(=O)c1ccc(Oc2ccc(CN3CCCC3)cc2Cl)nc1. The molecule has 1 saturated heterocycles. The summed E-state index contributed by atoms with van der Waals surface area (Å²) in [6.45, 7) is 3.20. The number of likely N-dealkylation sites (tertiary alicyclic amines) is 1. The minimum absolute atomic E-state index is 0.337. The van der Waals surface area contributed by atoms with Crippen LogP contribution in [0, 0.1) is 0 Å². The summed E-state index contributed by atoms with van der Waals surface area (Å²) in [6, 6.07) is 8.94. The van der Waals surface area contributed by atoms with Crippen LogP contribution in [0.1, 0.15) is 28.8 Å². The minimum Gasteiger partial charge on any atom is -0.437 e. The second-order valence-electron chi connectivity index (χ2n) is 5.60. The molecular weight excluding hydrogens is 314 g/mol. The Hall–Kier alpha value is -2.11. The van der Waals surface area contributed by atoms with E-state index in [4.69, 9.17) is 22.1 Å². The molecule has 3 rings (SSSR count). The van der Waals surface area contributed by atoms with E-state index in [1.807, 2.05) is 18.2 Å². The molecule has 2 aromatic rings. The van der Waals surface area contributed by atoms with Gasteiger partial charge in [0.2, 0.25) is 11.8 Å². The van der Waals surface area contributed by atoms with Crippen LogP contribution in [0.15, 0.2) is 36.5 Å². The summed E-state index contributed by atoms with van der Waals surface area (Å²) in [5.74, 6) is 0.383. The number of primary amides is 1. The maximum Gasteiger partial charge on any atom is 0.250 e. The van der Waals surface area contributed by atoms with E-state index in [0.717, 1.165) is 19.6 Å². The molecule has 2 N–H and O–H groups in total. The van der Waals surface area contributed by atoms with Gasteiger partial charge in [-0.3, -0.25) is 9.69 Å². The van der Waals surface area contributed by atoms with E-state index in [-0.39, 0.29) is 0 Å². The smallest absolute Gasteiger partial charge is 0.250 e. The summed E-state index contributed by atoms with van der Waals surface area (Å²) >= 11 is 6.30. The fourth-order valence-corrected chi connectivity index (χ4v) is 2.87. The lowest BCUT2D eigenvalue weighted by Crippen LogP contribution is -2.18. The Labute approximate surface area is 140 Å². The zero-order valence-corrected chi connectivity index (χ0v) is 13.4. The Bertz CT molecular complexity index is 697. The zero-order chi connectivity index (χ0) is 16.2. The summed E-state index contributed by atoms with van der Waals surface area (Å²) in [5, 5.41) is 0.544. The van der Waals surface area contributed by atoms with Crippen molar-refractivity contribution in [2.24, 2.45) is 5.73 Å². The average molecular weight is 332 g/mol. The Balaban J connectivity index is 1.69. The third-order valence-electron chi connectivity index (χ3n) is 3.84. The highest BCUT2D eigenvalue weighted by Crippen LogP contribution is 2.30. The van der Waals surface area contributed by atoms with Crippen LogP contribution >= 0.6 is 11.6 Å². The number of carbonyl (C=O) groups excluding carboxylic acids is 1. The number of hydrogen-bond acceptors (Lipinski definition) is 4. The molecule has 6 heteroatoms. The molecule has 1 aliphatic rings. The largest absolute Gasteiger partial charge is 0.437 e. The van der Waals surface area contributed by atoms with Crippen molar-refractivity contribution in [2.75, 3.05) is 13.1 Å². The first-order valence-corrected chi connectivity index (χ1v) is 7.94. The predicted molar refractivity (Wildman–Crippen MR) is 88.8 cm³/mol. The van der Waals surface area contributed by atoms with Gasteiger partial charge in [0.25, 0.3) is 0 Å². The van der Waals surface area contributed by atoms with Crippen LogP contribution in [-0.2, 0) is 6.54 Å². The van der Waals surface area contributed by atoms with Crippen LogP contribution in [0.2, 0.25) is 5.02 Å². The van der Waals surface area contributed by atoms with Gasteiger partial charge in [-0.2, -0.15) is 0 Å². The van der Waals surface area contributed by atoms with Crippen molar-refractivity contribution in [3.05, 3.63) is 52.7 Å². The van der Waals surface area contributed by atoms with Crippen LogP contribution in [-0.4, -0.2) is 28.9 Å². The summed E-state index contributed by atoms with van der Waals surface area (Å²) in [7, 11) is 0. The molecular formula is C17H18ClN3O2. The van der Waals surface area contributed by atoms with E-state index < -0.39 is 5.91 Å². The van der Waals surface area contributed by atoms with Crippen LogP contribution in [0.3, 0.4) is 0 Å². The number of aromatic nitrogens is 1. The number of ether oxygens (including phenoxy) is 1. The molecule has 1 aromatic carbocycles. The number of nitrogens with zero attached hydrogens (tertiary/aromatic N) is 2. The number of benzene rings is 1. The molecule has 1 amide bonds. The highest BCUT2D eigenvalue weighted by atomic mass is 35.5. The van der Waals surface area contributed by atoms with Crippen molar-refractivity contribution in [3.63, 3.8) is 0 Å². The molecule has 0 unspecified atom stereocenters. The van der Waals surface area contributed by atoms with Gasteiger partial charge in [0, 0.05) is 18.8 Å². The van der Waals surface area contributed by atoms with Gasteiger partial charge >= 0.3 is 0 Å². The van der Waals surface area contributed by atoms with Crippen molar-refractivity contribution in [1.82, 2.24) is 9.88 Å². The lowest BCUT2D eigenvalue weighted by atomic mass is 10.2. The van der Waals surface area contributed by atoms with E-state index in [2.05, 4.69) is 9.88 Å². The first-order valence-electron chi connectivity index (χ1n) is 7.56. The van der Waals surface area contributed by atoms with Crippen molar-refractivity contribution in [2.45, 2.75) is 19.4 Å².